The Labute approximate surface area is 134 Å². The molecule has 1 nitrogen and oxygen atoms in total. The number of halogens is 3. The van der Waals surface area contributed by atoms with E-state index >= 15 is 0 Å². The summed E-state index contributed by atoms with van der Waals surface area (Å²) >= 11 is 0. The van der Waals surface area contributed by atoms with Gasteiger partial charge in [-0.25, -0.2) is 0 Å². The molecule has 2 aliphatic carbocycles. The normalized spacial score (nSPS) is 31.3. The molecule has 3 rings (SSSR count). The molecule has 1 aromatic rings. The molecule has 0 bridgehead atoms. The van der Waals surface area contributed by atoms with Gasteiger partial charge in [0.2, 0.25) is 0 Å². The van der Waals surface area contributed by atoms with Gasteiger partial charge in [-0.05, 0) is 55.7 Å². The summed E-state index contributed by atoms with van der Waals surface area (Å²) in [6.45, 7) is 0. The van der Waals surface area contributed by atoms with Crippen LogP contribution >= 0.6 is 0 Å². The molecular formula is C19H21F3O. The lowest BCUT2D eigenvalue weighted by Gasteiger charge is -2.46. The Hall–Kier alpha value is -1.71. The van der Waals surface area contributed by atoms with Crippen LogP contribution in [0.25, 0.3) is 0 Å². The summed E-state index contributed by atoms with van der Waals surface area (Å²) in [5.41, 5.74) is 0.775. The van der Waals surface area contributed by atoms with E-state index in [0.717, 1.165) is 12.0 Å². The summed E-state index contributed by atoms with van der Waals surface area (Å²) in [5.74, 6) is -0.783. The Bertz CT molecular complexity index is 590. The summed E-state index contributed by atoms with van der Waals surface area (Å²) in [6.07, 6.45) is 6.38. The van der Waals surface area contributed by atoms with Gasteiger partial charge >= 0.3 is 6.18 Å². The third-order valence-electron chi connectivity index (χ3n) is 5.47. The molecule has 0 amide bonds. The van der Waals surface area contributed by atoms with E-state index in [-0.39, 0.29) is 29.9 Å². The first-order valence-corrected chi connectivity index (χ1v) is 8.11. The van der Waals surface area contributed by atoms with Crippen molar-refractivity contribution in [2.24, 2.45) is 11.8 Å². The molecule has 1 aromatic carbocycles. The van der Waals surface area contributed by atoms with E-state index in [1.54, 1.807) is 12.1 Å². The first-order chi connectivity index (χ1) is 10.9. The molecule has 4 heteroatoms. The van der Waals surface area contributed by atoms with Gasteiger partial charge in [-0.2, -0.15) is 13.2 Å². The topological polar surface area (TPSA) is 20.2 Å². The SMILES string of the molecule is Oc1ccc(C2(C3C=CC=CC3)CCC(C(F)(F)F)CC2)cc1. The van der Waals surface area contributed by atoms with E-state index in [4.69, 9.17) is 0 Å². The van der Waals surface area contributed by atoms with Crippen molar-refractivity contribution in [3.05, 3.63) is 54.1 Å². The van der Waals surface area contributed by atoms with Crippen molar-refractivity contribution in [1.82, 2.24) is 0 Å². The third kappa shape index (κ3) is 3.17. The molecule has 0 saturated heterocycles. The van der Waals surface area contributed by atoms with E-state index in [9.17, 15) is 18.3 Å². The number of aromatic hydroxyl groups is 1. The van der Waals surface area contributed by atoms with Crippen LogP contribution in [-0.2, 0) is 5.41 Å². The maximum atomic E-state index is 13.0. The number of alkyl halides is 3. The fraction of sp³-hybridized carbons (Fsp3) is 0.474. The summed E-state index contributed by atoms with van der Waals surface area (Å²) in [5, 5.41) is 9.52. The first-order valence-electron chi connectivity index (χ1n) is 8.11. The molecule has 1 N–H and O–H groups in total. The van der Waals surface area contributed by atoms with Crippen molar-refractivity contribution in [1.29, 1.82) is 0 Å². The van der Waals surface area contributed by atoms with E-state index < -0.39 is 12.1 Å². The first kappa shape index (κ1) is 16.2. The number of rotatable bonds is 2. The smallest absolute Gasteiger partial charge is 0.391 e. The van der Waals surface area contributed by atoms with Crippen LogP contribution in [0.5, 0.6) is 5.75 Å². The van der Waals surface area contributed by atoms with Gasteiger partial charge in [-0.15, -0.1) is 0 Å². The zero-order valence-corrected chi connectivity index (χ0v) is 12.9. The van der Waals surface area contributed by atoms with E-state index in [1.165, 1.54) is 0 Å². The molecule has 1 fully saturated rings. The molecule has 0 heterocycles. The van der Waals surface area contributed by atoms with Crippen LogP contribution in [0.15, 0.2) is 48.6 Å². The maximum Gasteiger partial charge on any atom is 0.391 e. The van der Waals surface area contributed by atoms with Gasteiger partial charge < -0.3 is 5.11 Å². The van der Waals surface area contributed by atoms with Crippen LogP contribution < -0.4 is 0 Å². The Balaban J connectivity index is 1.91. The number of phenolic OH excluding ortho intramolecular Hbond substituents is 1. The van der Waals surface area contributed by atoms with E-state index in [2.05, 4.69) is 12.2 Å². The Kier molecular flexibility index (Phi) is 4.26. The highest BCUT2D eigenvalue weighted by Crippen LogP contribution is 2.52. The number of hydrogen-bond donors (Lipinski definition) is 1. The monoisotopic (exact) mass is 322 g/mol. The molecule has 1 saturated carbocycles. The van der Waals surface area contributed by atoms with Crippen LogP contribution in [0.1, 0.15) is 37.7 Å². The minimum Gasteiger partial charge on any atom is -0.508 e. The lowest BCUT2D eigenvalue weighted by molar-refractivity contribution is -0.185. The highest BCUT2D eigenvalue weighted by atomic mass is 19.4. The van der Waals surface area contributed by atoms with Crippen molar-refractivity contribution in [3.63, 3.8) is 0 Å². The summed E-state index contributed by atoms with van der Waals surface area (Å²) in [7, 11) is 0. The highest BCUT2D eigenvalue weighted by Gasteiger charge is 2.48. The number of allylic oxidation sites excluding steroid dienone is 4. The Morgan fingerprint density at radius 1 is 1.00 bits per heavy atom. The van der Waals surface area contributed by atoms with Crippen LogP contribution in [0.3, 0.4) is 0 Å². The van der Waals surface area contributed by atoms with E-state index in [0.29, 0.717) is 12.8 Å². The average Bonchev–Trinajstić information content (AvgIpc) is 2.55. The molecular weight excluding hydrogens is 301 g/mol. The zero-order chi connectivity index (χ0) is 16.5. The van der Waals surface area contributed by atoms with Crippen molar-refractivity contribution < 1.29 is 18.3 Å². The molecule has 0 aliphatic heterocycles. The van der Waals surface area contributed by atoms with Gasteiger partial charge in [-0.3, -0.25) is 0 Å². The molecule has 0 aromatic heterocycles. The van der Waals surface area contributed by atoms with Gasteiger partial charge in [0, 0.05) is 5.41 Å². The average molecular weight is 322 g/mol. The van der Waals surface area contributed by atoms with Gasteiger partial charge in [0.25, 0.3) is 0 Å². The second-order valence-corrected chi connectivity index (χ2v) is 6.67. The summed E-state index contributed by atoms with van der Waals surface area (Å²) < 4.78 is 39.1. The summed E-state index contributed by atoms with van der Waals surface area (Å²) in [6, 6.07) is 7.01. The fourth-order valence-electron chi connectivity index (χ4n) is 4.12. The minimum absolute atomic E-state index is 0.179. The second-order valence-electron chi connectivity index (χ2n) is 6.67. The van der Waals surface area contributed by atoms with Crippen molar-refractivity contribution in [2.75, 3.05) is 0 Å². The van der Waals surface area contributed by atoms with Crippen LogP contribution in [-0.4, -0.2) is 11.3 Å². The zero-order valence-electron chi connectivity index (χ0n) is 12.9. The number of hydrogen-bond acceptors (Lipinski definition) is 1. The predicted octanol–water partition coefficient (Wildman–Crippen LogP) is 5.51. The maximum absolute atomic E-state index is 13.0. The highest BCUT2D eigenvalue weighted by molar-refractivity contribution is 5.35. The number of benzene rings is 1. The predicted molar refractivity (Wildman–Crippen MR) is 84.2 cm³/mol. The van der Waals surface area contributed by atoms with Crippen LogP contribution in [0.2, 0.25) is 0 Å². The fourth-order valence-corrected chi connectivity index (χ4v) is 4.12. The van der Waals surface area contributed by atoms with Crippen molar-refractivity contribution in [3.8, 4) is 5.75 Å². The van der Waals surface area contributed by atoms with Gasteiger partial charge in [0.15, 0.2) is 0 Å². The molecule has 2 aliphatic rings. The Morgan fingerprint density at radius 3 is 2.17 bits per heavy atom. The standard InChI is InChI=1S/C19H21F3O/c20-19(21,22)16-10-12-18(13-11-16,14-4-2-1-3-5-14)15-6-8-17(23)9-7-15/h1-4,6-9,14,16,23H,5,10-13H2. The third-order valence-corrected chi connectivity index (χ3v) is 5.47. The summed E-state index contributed by atoms with van der Waals surface area (Å²) in [4.78, 5) is 0. The Morgan fingerprint density at radius 2 is 1.65 bits per heavy atom. The van der Waals surface area contributed by atoms with Gasteiger partial charge in [0.05, 0.1) is 5.92 Å². The second kappa shape index (κ2) is 6.06. The minimum atomic E-state index is -4.09. The lowest BCUT2D eigenvalue weighted by Crippen LogP contribution is -2.41. The molecule has 0 spiro atoms. The molecule has 23 heavy (non-hydrogen) atoms. The number of phenols is 1. The molecule has 1 unspecified atom stereocenters. The van der Waals surface area contributed by atoms with Gasteiger partial charge in [0.1, 0.15) is 5.75 Å². The van der Waals surface area contributed by atoms with Gasteiger partial charge in [-0.1, -0.05) is 36.4 Å². The molecule has 0 radical (unpaired) electrons. The molecule has 1 atom stereocenters. The van der Waals surface area contributed by atoms with Crippen molar-refractivity contribution in [2.45, 2.75) is 43.7 Å². The molecule has 124 valence electrons. The lowest BCUT2D eigenvalue weighted by atomic mass is 9.59. The largest absolute Gasteiger partial charge is 0.508 e. The quantitative estimate of drug-likeness (QED) is 0.760. The van der Waals surface area contributed by atoms with E-state index in [1.807, 2.05) is 24.3 Å². The van der Waals surface area contributed by atoms with Crippen LogP contribution in [0, 0.1) is 11.8 Å². The van der Waals surface area contributed by atoms with Crippen LogP contribution in [0.4, 0.5) is 13.2 Å². The van der Waals surface area contributed by atoms with Crippen molar-refractivity contribution >= 4 is 0 Å².